The van der Waals surface area contributed by atoms with Gasteiger partial charge in [0.2, 0.25) is 0 Å². The minimum atomic E-state index is 0.727. The number of hydrogen-bond acceptors (Lipinski definition) is 9. The number of furan rings is 3. The Bertz CT molecular complexity index is 8880. The van der Waals surface area contributed by atoms with Crippen molar-refractivity contribution >= 4 is 120 Å². The number of benzene rings is 20. The Balaban J connectivity index is 0.000000109. The smallest absolute Gasteiger partial charge is 0.161 e. The molecule has 0 amide bonds. The molecule has 26 rings (SSSR count). The number of fused-ring (bicyclic) bond motifs is 14. The normalized spacial score (nSPS) is 11.5. The van der Waals surface area contributed by atoms with Gasteiger partial charge < -0.3 is 13.3 Å². The summed E-state index contributed by atoms with van der Waals surface area (Å²) in [5, 5.41) is 14.7. The largest absolute Gasteiger partial charge is 0.456 e. The van der Waals surface area contributed by atoms with E-state index < -0.39 is 0 Å². The molecule has 0 aliphatic heterocycles. The second-order valence-corrected chi connectivity index (χ2v) is 32.9. The molecule has 20 aromatic carbocycles. The molecule has 0 spiro atoms. The predicted octanol–water partition coefficient (Wildman–Crippen LogP) is 32.9. The molecule has 131 heavy (non-hydrogen) atoms. The molecule has 0 saturated carbocycles. The van der Waals surface area contributed by atoms with Crippen LogP contribution in [0.15, 0.2) is 474 Å². The first-order chi connectivity index (χ1) is 64.9. The molecule has 612 valence electrons. The van der Waals surface area contributed by atoms with Gasteiger partial charge in [-0.15, -0.1) is 0 Å². The summed E-state index contributed by atoms with van der Waals surface area (Å²) in [6.45, 7) is 0. The van der Waals surface area contributed by atoms with Crippen molar-refractivity contribution in [1.82, 2.24) is 29.9 Å². The maximum atomic E-state index is 6.23. The van der Waals surface area contributed by atoms with Gasteiger partial charge in [-0.2, -0.15) is 0 Å². The first-order valence-corrected chi connectivity index (χ1v) is 44.1. The summed E-state index contributed by atoms with van der Waals surface area (Å²) in [5.74, 6) is 2.19. The van der Waals surface area contributed by atoms with Crippen molar-refractivity contribution in [2.24, 2.45) is 0 Å². The second kappa shape index (κ2) is 33.0. The van der Waals surface area contributed by atoms with Gasteiger partial charge in [-0.3, -0.25) is 0 Å². The first-order valence-electron chi connectivity index (χ1n) is 44.1. The summed E-state index contributed by atoms with van der Waals surface area (Å²) in [6.07, 6.45) is 0. The van der Waals surface area contributed by atoms with E-state index in [2.05, 4.69) is 358 Å². The van der Waals surface area contributed by atoms with Crippen LogP contribution in [0.3, 0.4) is 0 Å². The van der Waals surface area contributed by atoms with Crippen LogP contribution in [0.2, 0.25) is 0 Å². The molecule has 6 aromatic heterocycles. The third kappa shape index (κ3) is 14.3. The zero-order chi connectivity index (χ0) is 86.7. The fraction of sp³-hybridized carbons (Fsp3) is 0. The molecule has 9 nitrogen and oxygen atoms in total. The standard InChI is InChI=1S/2C42H26N2O.C38H24N2O/c1-3-12-27(13-4-1)41-36-26-29(22-25-37(36)43-42(44-41)28-14-5-2-6-15-28)30-23-24-33(32-17-8-7-16-31(30)32)34-19-11-21-39-40(34)35-18-9-10-20-38(35)45-39;1-2-11-30(12-3-1)41-36-26-31(24-25-37(36)43-42(44-41)34-17-8-13-28-10-4-5-14-32(28)34)27-20-22-29(23-21-27)33-16-9-19-39-40(33)35-15-6-7-18-38(35)45-39;1-3-10-27(11-4-1)37-32-24-29(22-23-33(32)39-38(40-37)28-12-5-2-6-13-28)25-18-20-26(21-19-25)30-15-9-17-35-36(30)31-14-7-8-16-34(31)41-35/h2*1-26H;1-24H. The number of aromatic nitrogens is 6. The number of hydrogen-bond donors (Lipinski definition) is 0. The molecule has 0 aliphatic carbocycles. The zero-order valence-corrected chi connectivity index (χ0v) is 70.8. The molecular formula is C122H76N6O3. The summed E-state index contributed by atoms with van der Waals surface area (Å²) in [5.41, 5.74) is 31.1. The molecule has 0 saturated heterocycles. The highest BCUT2D eigenvalue weighted by Crippen LogP contribution is 2.46. The van der Waals surface area contributed by atoms with E-state index in [0.717, 1.165) is 211 Å². The summed E-state index contributed by atoms with van der Waals surface area (Å²) < 4.78 is 18.5. The highest BCUT2D eigenvalue weighted by atomic mass is 16.3. The van der Waals surface area contributed by atoms with Gasteiger partial charge >= 0.3 is 0 Å². The van der Waals surface area contributed by atoms with Gasteiger partial charge in [-0.25, -0.2) is 29.9 Å². The highest BCUT2D eigenvalue weighted by Gasteiger charge is 2.23. The average Bonchev–Trinajstić information content (AvgIpc) is 1.70. The van der Waals surface area contributed by atoms with Crippen LogP contribution in [-0.4, -0.2) is 29.9 Å². The molecule has 26 aromatic rings. The summed E-state index contributed by atoms with van der Waals surface area (Å²) in [6, 6.07) is 160. The zero-order valence-electron chi connectivity index (χ0n) is 70.8. The van der Waals surface area contributed by atoms with Crippen molar-refractivity contribution in [2.75, 3.05) is 0 Å². The number of para-hydroxylation sites is 3. The van der Waals surface area contributed by atoms with Crippen molar-refractivity contribution in [2.45, 2.75) is 0 Å². The van der Waals surface area contributed by atoms with Crippen molar-refractivity contribution in [3.63, 3.8) is 0 Å². The Hall–Kier alpha value is -17.7. The number of nitrogens with zero attached hydrogens (tertiary/aromatic N) is 6. The van der Waals surface area contributed by atoms with E-state index in [4.69, 9.17) is 43.2 Å². The third-order valence-corrected chi connectivity index (χ3v) is 25.1. The van der Waals surface area contributed by atoms with Gasteiger partial charge in [0.15, 0.2) is 17.5 Å². The van der Waals surface area contributed by atoms with Crippen LogP contribution in [0.25, 0.3) is 255 Å². The molecule has 0 radical (unpaired) electrons. The van der Waals surface area contributed by atoms with Crippen molar-refractivity contribution < 1.29 is 13.3 Å². The fourth-order valence-corrected chi connectivity index (χ4v) is 18.8. The van der Waals surface area contributed by atoms with E-state index in [0.29, 0.717) is 0 Å². The highest BCUT2D eigenvalue weighted by molar-refractivity contribution is 6.18. The Kier molecular flexibility index (Phi) is 19.4. The van der Waals surface area contributed by atoms with Crippen LogP contribution in [0.4, 0.5) is 0 Å². The van der Waals surface area contributed by atoms with Crippen molar-refractivity contribution in [1.29, 1.82) is 0 Å². The van der Waals surface area contributed by atoms with Crippen LogP contribution in [-0.2, 0) is 0 Å². The lowest BCUT2D eigenvalue weighted by molar-refractivity contribution is 0.668. The molecule has 6 heterocycles. The van der Waals surface area contributed by atoms with Crippen LogP contribution in [0.5, 0.6) is 0 Å². The van der Waals surface area contributed by atoms with Gasteiger partial charge in [-0.05, 0) is 161 Å². The van der Waals surface area contributed by atoms with Crippen LogP contribution in [0, 0.1) is 0 Å². The van der Waals surface area contributed by atoms with Crippen LogP contribution >= 0.6 is 0 Å². The van der Waals surface area contributed by atoms with E-state index in [-0.39, 0.29) is 0 Å². The van der Waals surface area contributed by atoms with Gasteiger partial charge in [0, 0.05) is 81.9 Å². The Morgan fingerprint density at radius 2 is 0.427 bits per heavy atom. The Labute approximate surface area is 753 Å². The maximum absolute atomic E-state index is 6.23. The minimum absolute atomic E-state index is 0.727. The fourth-order valence-electron chi connectivity index (χ4n) is 18.8. The van der Waals surface area contributed by atoms with E-state index in [1.807, 2.05) is 103 Å². The van der Waals surface area contributed by atoms with E-state index in [1.165, 1.54) is 44.0 Å². The Morgan fingerprint density at radius 1 is 0.137 bits per heavy atom. The molecular weight excluding hydrogens is 1600 g/mol. The molecule has 0 fully saturated rings. The topological polar surface area (TPSA) is 117 Å². The lowest BCUT2D eigenvalue weighted by Crippen LogP contribution is -1.96. The van der Waals surface area contributed by atoms with Crippen LogP contribution in [0.1, 0.15) is 0 Å². The summed E-state index contributed by atoms with van der Waals surface area (Å²) in [7, 11) is 0. The van der Waals surface area contributed by atoms with E-state index in [1.54, 1.807) is 0 Å². The quantitative estimate of drug-likeness (QED) is 0.118. The lowest BCUT2D eigenvalue weighted by atomic mass is 9.90. The van der Waals surface area contributed by atoms with E-state index in [9.17, 15) is 0 Å². The van der Waals surface area contributed by atoms with Gasteiger partial charge in [0.05, 0.1) is 33.6 Å². The third-order valence-electron chi connectivity index (χ3n) is 25.1. The Morgan fingerprint density at radius 3 is 0.870 bits per heavy atom. The molecule has 0 bridgehead atoms. The SMILES string of the molecule is c1ccc(-c2nc(-c3cccc4ccccc34)nc3ccc(-c4ccc(-c5cccc6oc7ccccc7c56)cc4)cc23)cc1.c1ccc(-c2nc(-c3ccccc3)c3cc(-c4ccc(-c5cccc6oc7ccccc7c56)c5ccccc45)ccc3n2)cc1.c1ccc(-c2nc(-c3ccccc3)c3cc(-c4ccc(-c5cccc6oc7ccccc7c56)cc4)ccc3n2)cc1. The second-order valence-electron chi connectivity index (χ2n) is 32.9. The maximum Gasteiger partial charge on any atom is 0.161 e. The number of rotatable bonds is 12. The minimum Gasteiger partial charge on any atom is -0.456 e. The monoisotopic (exact) mass is 1670 g/mol. The lowest BCUT2D eigenvalue weighted by Gasteiger charge is -2.15. The summed E-state index contributed by atoms with van der Waals surface area (Å²) in [4.78, 5) is 30.4. The molecule has 0 N–H and O–H groups in total. The van der Waals surface area contributed by atoms with Gasteiger partial charge in [0.25, 0.3) is 0 Å². The predicted molar refractivity (Wildman–Crippen MR) is 541 cm³/mol. The summed E-state index contributed by atoms with van der Waals surface area (Å²) >= 11 is 0. The van der Waals surface area contributed by atoms with E-state index >= 15 is 0 Å². The molecule has 0 unspecified atom stereocenters. The average molecular weight is 1670 g/mol. The van der Waals surface area contributed by atoms with Gasteiger partial charge in [-0.1, -0.05) is 388 Å². The molecule has 9 heteroatoms. The van der Waals surface area contributed by atoms with Crippen molar-refractivity contribution in [3.05, 3.63) is 461 Å². The van der Waals surface area contributed by atoms with Crippen molar-refractivity contribution in [3.8, 4) is 135 Å². The van der Waals surface area contributed by atoms with Crippen LogP contribution < -0.4 is 0 Å². The molecule has 0 atom stereocenters. The van der Waals surface area contributed by atoms with Gasteiger partial charge in [0.1, 0.15) is 33.5 Å². The first kappa shape index (κ1) is 76.9. The molecule has 0 aliphatic rings.